The average Bonchev–Trinajstić information content (AvgIpc) is 2.61. The van der Waals surface area contributed by atoms with Gasteiger partial charge >= 0.3 is 6.01 Å². The summed E-state index contributed by atoms with van der Waals surface area (Å²) in [4.78, 5) is 9.92. The lowest BCUT2D eigenvalue weighted by Gasteiger charge is -2.30. The fraction of sp³-hybridized carbons (Fsp3) is 0.600. The number of aromatic nitrogens is 2. The van der Waals surface area contributed by atoms with Crippen LogP contribution in [0, 0.1) is 0 Å². The van der Waals surface area contributed by atoms with E-state index in [2.05, 4.69) is 14.9 Å². The van der Waals surface area contributed by atoms with Gasteiger partial charge in [-0.25, -0.2) is 0 Å². The van der Waals surface area contributed by atoms with E-state index < -0.39 is 0 Å². The van der Waals surface area contributed by atoms with Crippen molar-refractivity contribution in [2.45, 2.75) is 31.8 Å². The molecule has 0 aromatic carbocycles. The van der Waals surface area contributed by atoms with E-state index in [1.807, 2.05) is 0 Å². The maximum Gasteiger partial charge on any atom is 0.317 e. The van der Waals surface area contributed by atoms with Gasteiger partial charge in [-0.05, 0) is 25.8 Å². The van der Waals surface area contributed by atoms with Crippen molar-refractivity contribution in [1.29, 1.82) is 0 Å². The van der Waals surface area contributed by atoms with Crippen LogP contribution in [-0.2, 0) is 13.0 Å². The first-order valence-corrected chi connectivity index (χ1v) is 5.26. The molecular weight excluding hydrogens is 194 g/mol. The third-order valence-corrected chi connectivity index (χ3v) is 3.35. The number of hydrogen-bond acceptors (Lipinski definition) is 5. The number of nitrogens with zero attached hydrogens (tertiary/aromatic N) is 3. The van der Waals surface area contributed by atoms with Gasteiger partial charge in [0.15, 0.2) is 0 Å². The minimum absolute atomic E-state index is 0.0518. The average molecular weight is 207 g/mol. The smallest absolute Gasteiger partial charge is 0.317 e. The summed E-state index contributed by atoms with van der Waals surface area (Å²) >= 11 is 0. The highest BCUT2D eigenvalue weighted by molar-refractivity contribution is 5.34. The number of aromatic hydroxyl groups is 2. The summed E-state index contributed by atoms with van der Waals surface area (Å²) in [5, 5.41) is 18.8. The Morgan fingerprint density at radius 1 is 1.27 bits per heavy atom. The van der Waals surface area contributed by atoms with Crippen LogP contribution < -0.4 is 0 Å². The molecule has 0 amide bonds. The largest absolute Gasteiger partial charge is 0.493 e. The van der Waals surface area contributed by atoms with Crippen LogP contribution in [0.5, 0.6) is 11.9 Å². The van der Waals surface area contributed by atoms with Gasteiger partial charge in [0.1, 0.15) is 0 Å². The molecule has 0 saturated carbocycles. The minimum Gasteiger partial charge on any atom is -0.493 e. The Kier molecular flexibility index (Phi) is 1.82. The fourth-order valence-corrected chi connectivity index (χ4v) is 2.61. The summed E-state index contributed by atoms with van der Waals surface area (Å²) in [5.74, 6) is -0.0518. The summed E-state index contributed by atoms with van der Waals surface area (Å²) in [6.45, 7) is 1.82. The van der Waals surface area contributed by atoms with Crippen molar-refractivity contribution in [3.8, 4) is 11.9 Å². The van der Waals surface area contributed by atoms with Gasteiger partial charge in [-0.3, -0.25) is 4.90 Å². The van der Waals surface area contributed by atoms with Crippen LogP contribution in [0.25, 0.3) is 0 Å². The molecule has 1 aromatic rings. The predicted molar refractivity (Wildman–Crippen MR) is 52.5 cm³/mol. The van der Waals surface area contributed by atoms with Crippen molar-refractivity contribution in [2.75, 3.05) is 6.54 Å². The molecule has 1 saturated heterocycles. The van der Waals surface area contributed by atoms with Crippen LogP contribution in [0.3, 0.4) is 0 Å². The SMILES string of the molecule is Oc1nc(O)c2c(n1)CN1CCCC1C2. The van der Waals surface area contributed by atoms with Gasteiger partial charge < -0.3 is 10.2 Å². The van der Waals surface area contributed by atoms with Crippen LogP contribution in [-0.4, -0.2) is 37.7 Å². The molecule has 3 heterocycles. The van der Waals surface area contributed by atoms with Gasteiger partial charge in [0.25, 0.3) is 0 Å². The molecule has 5 heteroatoms. The van der Waals surface area contributed by atoms with Crippen molar-refractivity contribution < 1.29 is 10.2 Å². The summed E-state index contributed by atoms with van der Waals surface area (Å²) in [6, 6.07) is 0.195. The molecule has 2 N–H and O–H groups in total. The van der Waals surface area contributed by atoms with Crippen LogP contribution in [0.2, 0.25) is 0 Å². The van der Waals surface area contributed by atoms with Crippen LogP contribution >= 0.6 is 0 Å². The maximum absolute atomic E-state index is 9.63. The van der Waals surface area contributed by atoms with Crippen molar-refractivity contribution in [1.82, 2.24) is 14.9 Å². The van der Waals surface area contributed by atoms with Crippen LogP contribution in [0.4, 0.5) is 0 Å². The Bertz CT molecular complexity index is 408. The zero-order valence-corrected chi connectivity index (χ0v) is 8.35. The second-order valence-electron chi connectivity index (χ2n) is 4.24. The van der Waals surface area contributed by atoms with Gasteiger partial charge in [-0.15, -0.1) is 0 Å². The van der Waals surface area contributed by atoms with Crippen molar-refractivity contribution in [3.63, 3.8) is 0 Å². The zero-order valence-electron chi connectivity index (χ0n) is 8.35. The summed E-state index contributed by atoms with van der Waals surface area (Å²) in [7, 11) is 0. The van der Waals surface area contributed by atoms with E-state index >= 15 is 0 Å². The standard InChI is InChI=1S/C10H13N3O2/c14-9-7-4-6-2-1-3-13(6)5-8(7)11-10(15)12-9/h6H,1-5H2,(H2,11,12,14,15). The molecule has 2 aliphatic heterocycles. The molecule has 0 spiro atoms. The first-order valence-electron chi connectivity index (χ1n) is 5.26. The molecular formula is C10H13N3O2. The Balaban J connectivity index is 2.03. The molecule has 3 rings (SSSR count). The number of rotatable bonds is 0. The molecule has 5 nitrogen and oxygen atoms in total. The second-order valence-corrected chi connectivity index (χ2v) is 4.24. The molecule has 80 valence electrons. The molecule has 15 heavy (non-hydrogen) atoms. The van der Waals surface area contributed by atoms with Crippen molar-refractivity contribution >= 4 is 0 Å². The third kappa shape index (κ3) is 1.34. The lowest BCUT2D eigenvalue weighted by Crippen LogP contribution is -2.35. The molecule has 2 aliphatic rings. The van der Waals surface area contributed by atoms with E-state index in [-0.39, 0.29) is 11.9 Å². The van der Waals surface area contributed by atoms with Gasteiger partial charge in [0.2, 0.25) is 5.88 Å². The fourth-order valence-electron chi connectivity index (χ4n) is 2.61. The second kappa shape index (κ2) is 3.06. The summed E-state index contributed by atoms with van der Waals surface area (Å²) < 4.78 is 0. The molecule has 1 atom stereocenters. The monoisotopic (exact) mass is 207 g/mol. The highest BCUT2D eigenvalue weighted by Crippen LogP contribution is 2.33. The predicted octanol–water partition coefficient (Wildman–Crippen LogP) is 0.408. The minimum atomic E-state index is -0.330. The van der Waals surface area contributed by atoms with E-state index in [0.29, 0.717) is 6.04 Å². The van der Waals surface area contributed by atoms with E-state index in [0.717, 1.165) is 30.8 Å². The normalized spacial score (nSPS) is 24.9. The van der Waals surface area contributed by atoms with Crippen molar-refractivity contribution in [3.05, 3.63) is 11.3 Å². The molecule has 0 aliphatic carbocycles. The van der Waals surface area contributed by atoms with Gasteiger partial charge in [-0.1, -0.05) is 0 Å². The molecule has 0 radical (unpaired) electrons. The van der Waals surface area contributed by atoms with E-state index in [9.17, 15) is 10.2 Å². The van der Waals surface area contributed by atoms with E-state index in [1.165, 1.54) is 12.8 Å². The molecule has 0 bridgehead atoms. The Morgan fingerprint density at radius 3 is 3.00 bits per heavy atom. The molecule has 1 fully saturated rings. The lowest BCUT2D eigenvalue weighted by molar-refractivity contribution is 0.217. The lowest BCUT2D eigenvalue weighted by atomic mass is 9.99. The summed E-state index contributed by atoms with van der Waals surface area (Å²) in [6.07, 6.45) is 3.19. The van der Waals surface area contributed by atoms with Crippen molar-refractivity contribution in [2.24, 2.45) is 0 Å². The quantitative estimate of drug-likeness (QED) is 0.644. The topological polar surface area (TPSA) is 69.5 Å². The van der Waals surface area contributed by atoms with Gasteiger partial charge in [-0.2, -0.15) is 9.97 Å². The summed E-state index contributed by atoms with van der Waals surface area (Å²) in [5.41, 5.74) is 1.59. The third-order valence-electron chi connectivity index (χ3n) is 3.35. The number of hydrogen-bond donors (Lipinski definition) is 2. The van der Waals surface area contributed by atoms with Gasteiger partial charge in [0.05, 0.1) is 5.69 Å². The first kappa shape index (κ1) is 8.91. The Labute approximate surface area is 87.4 Å². The van der Waals surface area contributed by atoms with Crippen LogP contribution in [0.1, 0.15) is 24.1 Å². The van der Waals surface area contributed by atoms with E-state index in [1.54, 1.807) is 0 Å². The molecule has 1 unspecified atom stereocenters. The Hall–Kier alpha value is -1.36. The van der Waals surface area contributed by atoms with Gasteiger partial charge in [0, 0.05) is 18.2 Å². The Morgan fingerprint density at radius 2 is 2.13 bits per heavy atom. The maximum atomic E-state index is 9.63. The van der Waals surface area contributed by atoms with Crippen LogP contribution in [0.15, 0.2) is 0 Å². The highest BCUT2D eigenvalue weighted by atomic mass is 16.3. The van der Waals surface area contributed by atoms with E-state index in [4.69, 9.17) is 0 Å². The zero-order chi connectivity index (χ0) is 10.4. The highest BCUT2D eigenvalue weighted by Gasteiger charge is 2.32. The number of fused-ring (bicyclic) bond motifs is 2. The molecule has 1 aromatic heterocycles. The first-order chi connectivity index (χ1) is 7.24.